The third-order valence-corrected chi connectivity index (χ3v) is 3.70. The van der Waals surface area contributed by atoms with Gasteiger partial charge in [0.1, 0.15) is 0 Å². The second-order valence-electron chi connectivity index (χ2n) is 6.17. The lowest BCUT2D eigenvalue weighted by Gasteiger charge is -2.45. The third kappa shape index (κ3) is 3.02. The Kier molecular flexibility index (Phi) is 3.76. The highest BCUT2D eigenvalue weighted by Gasteiger charge is 2.29. The largest absolute Gasteiger partial charge is 0.364 e. The number of para-hydroxylation sites is 1. The minimum Gasteiger partial charge on any atom is -0.364 e. The molecule has 0 heterocycles. The lowest BCUT2D eigenvalue weighted by atomic mass is 9.90. The SMILES string of the molecule is CC(C)(C)N(c1ccccc1)C1CCCCC1. The smallest absolute Gasteiger partial charge is 0.0373 e. The fraction of sp³-hybridized carbons (Fsp3) is 0.625. The van der Waals surface area contributed by atoms with Gasteiger partial charge in [0.2, 0.25) is 0 Å². The van der Waals surface area contributed by atoms with Crippen LogP contribution in [0.4, 0.5) is 5.69 Å². The van der Waals surface area contributed by atoms with Crippen LogP contribution < -0.4 is 4.90 Å². The molecule has 1 aliphatic carbocycles. The zero-order valence-corrected chi connectivity index (χ0v) is 11.4. The van der Waals surface area contributed by atoms with E-state index in [2.05, 4.69) is 56.0 Å². The number of hydrogen-bond donors (Lipinski definition) is 0. The lowest BCUT2D eigenvalue weighted by Crippen LogP contribution is -2.49. The summed E-state index contributed by atoms with van der Waals surface area (Å²) in [4.78, 5) is 2.63. The maximum atomic E-state index is 2.63. The highest BCUT2D eigenvalue weighted by atomic mass is 15.2. The van der Waals surface area contributed by atoms with Crippen molar-refractivity contribution >= 4 is 5.69 Å². The van der Waals surface area contributed by atoms with Gasteiger partial charge in [-0.1, -0.05) is 37.5 Å². The van der Waals surface area contributed by atoms with E-state index in [1.807, 2.05) is 0 Å². The topological polar surface area (TPSA) is 3.24 Å². The fourth-order valence-electron chi connectivity index (χ4n) is 3.07. The molecule has 0 N–H and O–H groups in total. The van der Waals surface area contributed by atoms with Gasteiger partial charge in [-0.05, 0) is 45.7 Å². The van der Waals surface area contributed by atoms with E-state index >= 15 is 0 Å². The van der Waals surface area contributed by atoms with E-state index < -0.39 is 0 Å². The molecule has 1 nitrogen and oxygen atoms in total. The van der Waals surface area contributed by atoms with Gasteiger partial charge in [0.15, 0.2) is 0 Å². The Morgan fingerprint density at radius 2 is 1.53 bits per heavy atom. The molecule has 94 valence electrons. The molecule has 1 aromatic carbocycles. The van der Waals surface area contributed by atoms with Crippen LogP contribution in [-0.4, -0.2) is 11.6 Å². The molecular formula is C16H25N. The Labute approximate surface area is 106 Å². The summed E-state index contributed by atoms with van der Waals surface area (Å²) in [7, 11) is 0. The molecule has 2 rings (SSSR count). The zero-order chi connectivity index (χ0) is 12.3. The van der Waals surface area contributed by atoms with Crippen LogP contribution in [0.3, 0.4) is 0 Å². The molecule has 1 aromatic rings. The highest BCUT2D eigenvalue weighted by molar-refractivity contribution is 5.49. The first-order valence-corrected chi connectivity index (χ1v) is 6.93. The van der Waals surface area contributed by atoms with Crippen molar-refractivity contribution < 1.29 is 0 Å². The van der Waals surface area contributed by atoms with Gasteiger partial charge in [-0.25, -0.2) is 0 Å². The summed E-state index contributed by atoms with van der Waals surface area (Å²) in [5.41, 5.74) is 1.59. The van der Waals surface area contributed by atoms with Crippen LogP contribution in [0, 0.1) is 0 Å². The number of benzene rings is 1. The van der Waals surface area contributed by atoms with Crippen molar-refractivity contribution in [3.8, 4) is 0 Å². The number of hydrogen-bond acceptors (Lipinski definition) is 1. The van der Waals surface area contributed by atoms with Gasteiger partial charge >= 0.3 is 0 Å². The molecule has 0 amide bonds. The van der Waals surface area contributed by atoms with Gasteiger partial charge in [0.05, 0.1) is 0 Å². The quantitative estimate of drug-likeness (QED) is 0.717. The van der Waals surface area contributed by atoms with Crippen molar-refractivity contribution in [2.45, 2.75) is 64.5 Å². The summed E-state index contributed by atoms with van der Waals surface area (Å²) in [5, 5.41) is 0. The minimum atomic E-state index is 0.212. The molecule has 0 spiro atoms. The van der Waals surface area contributed by atoms with E-state index in [1.54, 1.807) is 0 Å². The lowest BCUT2D eigenvalue weighted by molar-refractivity contribution is 0.354. The predicted molar refractivity (Wildman–Crippen MR) is 75.5 cm³/mol. The maximum Gasteiger partial charge on any atom is 0.0373 e. The van der Waals surface area contributed by atoms with Gasteiger partial charge in [-0.15, -0.1) is 0 Å². The monoisotopic (exact) mass is 231 g/mol. The van der Waals surface area contributed by atoms with E-state index in [9.17, 15) is 0 Å². The predicted octanol–water partition coefficient (Wildman–Crippen LogP) is 4.62. The van der Waals surface area contributed by atoms with Crippen LogP contribution in [-0.2, 0) is 0 Å². The first-order valence-electron chi connectivity index (χ1n) is 6.93. The summed E-state index contributed by atoms with van der Waals surface area (Å²) >= 11 is 0. The van der Waals surface area contributed by atoms with Crippen LogP contribution in [0.1, 0.15) is 52.9 Å². The Balaban J connectivity index is 2.25. The maximum absolute atomic E-state index is 2.63. The van der Waals surface area contributed by atoms with Gasteiger partial charge in [0, 0.05) is 17.3 Å². The molecule has 17 heavy (non-hydrogen) atoms. The Morgan fingerprint density at radius 1 is 0.941 bits per heavy atom. The summed E-state index contributed by atoms with van der Waals surface area (Å²) < 4.78 is 0. The van der Waals surface area contributed by atoms with Crippen molar-refractivity contribution in [1.29, 1.82) is 0 Å². The standard InChI is InChI=1S/C16H25N/c1-16(2,3)17(14-10-6-4-7-11-14)15-12-8-5-9-13-15/h4,6-7,10-11,15H,5,8-9,12-13H2,1-3H3. The molecule has 0 bridgehead atoms. The summed E-state index contributed by atoms with van der Waals surface area (Å²) in [6.07, 6.45) is 6.91. The molecule has 1 saturated carbocycles. The molecule has 0 radical (unpaired) electrons. The number of rotatable bonds is 2. The second kappa shape index (κ2) is 5.12. The second-order valence-corrected chi connectivity index (χ2v) is 6.17. The van der Waals surface area contributed by atoms with E-state index in [0.29, 0.717) is 0 Å². The highest BCUT2D eigenvalue weighted by Crippen LogP contribution is 2.32. The van der Waals surface area contributed by atoms with Gasteiger partial charge < -0.3 is 4.90 Å². The molecule has 1 heteroatoms. The van der Waals surface area contributed by atoms with Crippen LogP contribution in [0.25, 0.3) is 0 Å². The third-order valence-electron chi connectivity index (χ3n) is 3.70. The minimum absolute atomic E-state index is 0.212. The van der Waals surface area contributed by atoms with Crippen LogP contribution in [0.15, 0.2) is 30.3 Å². The van der Waals surface area contributed by atoms with Crippen molar-refractivity contribution in [2.24, 2.45) is 0 Å². The fourth-order valence-corrected chi connectivity index (χ4v) is 3.07. The first-order chi connectivity index (χ1) is 8.09. The summed E-state index contributed by atoms with van der Waals surface area (Å²) in [5.74, 6) is 0. The zero-order valence-electron chi connectivity index (χ0n) is 11.4. The molecule has 0 saturated heterocycles. The molecular weight excluding hydrogens is 206 g/mol. The van der Waals surface area contributed by atoms with Crippen molar-refractivity contribution in [3.63, 3.8) is 0 Å². The van der Waals surface area contributed by atoms with Crippen LogP contribution in [0.5, 0.6) is 0 Å². The number of anilines is 1. The summed E-state index contributed by atoms with van der Waals surface area (Å²) in [6.45, 7) is 6.98. The molecule has 0 aromatic heterocycles. The summed E-state index contributed by atoms with van der Waals surface area (Å²) in [6, 6.07) is 11.6. The molecule has 1 fully saturated rings. The normalized spacial score (nSPS) is 18.1. The van der Waals surface area contributed by atoms with Crippen LogP contribution >= 0.6 is 0 Å². The molecule has 1 aliphatic rings. The average Bonchev–Trinajstić information content (AvgIpc) is 2.30. The van der Waals surface area contributed by atoms with Crippen molar-refractivity contribution in [2.75, 3.05) is 4.90 Å². The van der Waals surface area contributed by atoms with E-state index in [4.69, 9.17) is 0 Å². The molecule has 0 aliphatic heterocycles. The Hall–Kier alpha value is -0.980. The van der Waals surface area contributed by atoms with E-state index in [0.717, 1.165) is 6.04 Å². The van der Waals surface area contributed by atoms with Gasteiger partial charge in [0.25, 0.3) is 0 Å². The number of nitrogens with zero attached hydrogens (tertiary/aromatic N) is 1. The molecule has 0 unspecified atom stereocenters. The van der Waals surface area contributed by atoms with Crippen LogP contribution in [0.2, 0.25) is 0 Å². The Bertz CT molecular complexity index is 330. The van der Waals surface area contributed by atoms with Gasteiger partial charge in [-0.2, -0.15) is 0 Å². The molecule has 0 atom stereocenters. The van der Waals surface area contributed by atoms with Crippen molar-refractivity contribution in [1.82, 2.24) is 0 Å². The first kappa shape index (κ1) is 12.5. The van der Waals surface area contributed by atoms with Crippen molar-refractivity contribution in [3.05, 3.63) is 30.3 Å². The van der Waals surface area contributed by atoms with Gasteiger partial charge in [-0.3, -0.25) is 0 Å². The van der Waals surface area contributed by atoms with E-state index in [-0.39, 0.29) is 5.54 Å². The Morgan fingerprint density at radius 3 is 2.06 bits per heavy atom. The average molecular weight is 231 g/mol. The van der Waals surface area contributed by atoms with E-state index in [1.165, 1.54) is 37.8 Å².